The molecule has 0 spiro atoms. The van der Waals surface area contributed by atoms with Crippen molar-refractivity contribution in [2.75, 3.05) is 7.11 Å². The molecule has 106 valence electrons. The Kier molecular flexibility index (Phi) is 3.84. The number of methoxy groups -OCH3 is 1. The summed E-state index contributed by atoms with van der Waals surface area (Å²) in [5, 5.41) is 1.19. The highest BCUT2D eigenvalue weighted by Gasteiger charge is 2.07. The lowest BCUT2D eigenvalue weighted by molar-refractivity contribution is 0.414. The van der Waals surface area contributed by atoms with Crippen molar-refractivity contribution in [1.29, 1.82) is 0 Å². The van der Waals surface area contributed by atoms with Crippen LogP contribution in [0.4, 0.5) is 0 Å². The number of hydrogen-bond donors (Lipinski definition) is 1. The normalized spacial score (nSPS) is 10.8. The van der Waals surface area contributed by atoms with E-state index in [1.807, 2.05) is 36.5 Å². The maximum atomic E-state index is 5.87. The largest absolute Gasteiger partial charge is 0.497 e. The van der Waals surface area contributed by atoms with Crippen molar-refractivity contribution in [2.24, 2.45) is 5.73 Å². The van der Waals surface area contributed by atoms with Gasteiger partial charge < -0.3 is 10.5 Å². The van der Waals surface area contributed by atoms with Gasteiger partial charge in [0, 0.05) is 18.1 Å². The van der Waals surface area contributed by atoms with Gasteiger partial charge in [0.25, 0.3) is 0 Å². The lowest BCUT2D eigenvalue weighted by atomic mass is 9.97. The zero-order valence-electron chi connectivity index (χ0n) is 12.0. The molecule has 0 bridgehead atoms. The van der Waals surface area contributed by atoms with Crippen LogP contribution in [0.5, 0.6) is 5.75 Å². The molecular weight excluding hydrogens is 260 g/mol. The van der Waals surface area contributed by atoms with Gasteiger partial charge >= 0.3 is 0 Å². The number of ether oxygens (including phenoxy) is 1. The highest BCUT2D eigenvalue weighted by molar-refractivity contribution is 5.82. The summed E-state index contributed by atoms with van der Waals surface area (Å²) < 4.78 is 5.27. The molecule has 1 heterocycles. The zero-order chi connectivity index (χ0) is 14.7. The van der Waals surface area contributed by atoms with Crippen LogP contribution in [0.3, 0.4) is 0 Å². The molecule has 0 aliphatic rings. The predicted molar refractivity (Wildman–Crippen MR) is 85.4 cm³/mol. The van der Waals surface area contributed by atoms with E-state index in [0.717, 1.165) is 23.3 Å². The number of benzene rings is 2. The van der Waals surface area contributed by atoms with Crippen molar-refractivity contribution in [3.8, 4) is 5.75 Å². The van der Waals surface area contributed by atoms with Gasteiger partial charge in [-0.3, -0.25) is 4.98 Å². The van der Waals surface area contributed by atoms with Crippen molar-refractivity contribution in [2.45, 2.75) is 13.0 Å². The van der Waals surface area contributed by atoms with Crippen LogP contribution < -0.4 is 10.5 Å². The maximum Gasteiger partial charge on any atom is 0.119 e. The molecule has 21 heavy (non-hydrogen) atoms. The molecule has 1 aromatic heterocycles. The number of pyridine rings is 1. The number of nitrogens with two attached hydrogens (primary N) is 1. The molecule has 3 aromatic rings. The van der Waals surface area contributed by atoms with Crippen LogP contribution in [0.2, 0.25) is 0 Å². The molecular formula is C18H18N2O. The van der Waals surface area contributed by atoms with E-state index < -0.39 is 0 Å². The maximum absolute atomic E-state index is 5.87. The van der Waals surface area contributed by atoms with Crippen molar-refractivity contribution in [3.63, 3.8) is 0 Å². The Morgan fingerprint density at radius 2 is 1.86 bits per heavy atom. The van der Waals surface area contributed by atoms with E-state index in [2.05, 4.69) is 23.2 Å². The van der Waals surface area contributed by atoms with E-state index in [0.29, 0.717) is 6.54 Å². The first kappa shape index (κ1) is 13.6. The van der Waals surface area contributed by atoms with Gasteiger partial charge in [0.05, 0.1) is 12.6 Å². The van der Waals surface area contributed by atoms with Crippen LogP contribution in [0, 0.1) is 0 Å². The van der Waals surface area contributed by atoms with Crippen LogP contribution in [0.25, 0.3) is 10.9 Å². The van der Waals surface area contributed by atoms with Crippen LogP contribution in [-0.2, 0) is 13.0 Å². The molecule has 0 saturated heterocycles. The first-order valence-electron chi connectivity index (χ1n) is 7.00. The Morgan fingerprint density at radius 3 is 2.67 bits per heavy atom. The summed E-state index contributed by atoms with van der Waals surface area (Å²) in [7, 11) is 1.67. The van der Waals surface area contributed by atoms with Gasteiger partial charge in [-0.15, -0.1) is 0 Å². The highest BCUT2D eigenvalue weighted by atomic mass is 16.5. The fourth-order valence-electron chi connectivity index (χ4n) is 2.61. The molecule has 3 nitrogen and oxygen atoms in total. The first-order valence-corrected chi connectivity index (χ1v) is 7.00. The van der Waals surface area contributed by atoms with Crippen LogP contribution in [-0.4, -0.2) is 12.1 Å². The number of aromatic nitrogens is 1. The third-order valence-corrected chi connectivity index (χ3v) is 3.75. The highest BCUT2D eigenvalue weighted by Crippen LogP contribution is 2.23. The summed E-state index contributed by atoms with van der Waals surface area (Å²) in [4.78, 5) is 4.41. The average Bonchev–Trinajstić information content (AvgIpc) is 2.55. The lowest BCUT2D eigenvalue weighted by Crippen LogP contribution is -2.03. The number of rotatable bonds is 4. The number of para-hydroxylation sites is 1. The van der Waals surface area contributed by atoms with Crippen LogP contribution in [0.15, 0.2) is 54.7 Å². The Balaban J connectivity index is 2.02. The van der Waals surface area contributed by atoms with Gasteiger partial charge in [-0.05, 0) is 47.4 Å². The second-order valence-electron chi connectivity index (χ2n) is 5.00. The van der Waals surface area contributed by atoms with Gasteiger partial charge in [-0.25, -0.2) is 0 Å². The van der Waals surface area contributed by atoms with E-state index >= 15 is 0 Å². The van der Waals surface area contributed by atoms with Crippen LogP contribution in [0.1, 0.15) is 16.7 Å². The summed E-state index contributed by atoms with van der Waals surface area (Å²) in [5.74, 6) is 0.846. The summed E-state index contributed by atoms with van der Waals surface area (Å²) in [6, 6.07) is 16.4. The molecule has 0 aliphatic carbocycles. The van der Waals surface area contributed by atoms with E-state index in [4.69, 9.17) is 10.5 Å². The minimum atomic E-state index is 0.509. The van der Waals surface area contributed by atoms with Gasteiger partial charge in [0.2, 0.25) is 0 Å². The van der Waals surface area contributed by atoms with E-state index in [1.165, 1.54) is 16.5 Å². The first-order chi connectivity index (χ1) is 10.3. The second kappa shape index (κ2) is 5.94. The standard InChI is InChI=1S/C18H18N2O/c1-21-16-7-6-13(15(11-16)12-19)10-14-8-9-20-18-5-3-2-4-17(14)18/h2-9,11H,10,12,19H2,1H3. The van der Waals surface area contributed by atoms with E-state index in [9.17, 15) is 0 Å². The SMILES string of the molecule is COc1ccc(Cc2ccnc3ccccc23)c(CN)c1. The number of fused-ring (bicyclic) bond motifs is 1. The van der Waals surface area contributed by atoms with Crippen molar-refractivity contribution < 1.29 is 4.74 Å². The molecule has 0 atom stereocenters. The minimum Gasteiger partial charge on any atom is -0.497 e. The Bertz CT molecular complexity index is 763. The van der Waals surface area contributed by atoms with Gasteiger partial charge in [0.1, 0.15) is 5.75 Å². The summed E-state index contributed by atoms with van der Waals surface area (Å²) in [6.07, 6.45) is 2.71. The Hall–Kier alpha value is -2.39. The molecule has 2 N–H and O–H groups in total. The third-order valence-electron chi connectivity index (χ3n) is 3.75. The van der Waals surface area contributed by atoms with Gasteiger partial charge in [-0.1, -0.05) is 24.3 Å². The van der Waals surface area contributed by atoms with E-state index in [-0.39, 0.29) is 0 Å². The Labute approximate surface area is 124 Å². The topological polar surface area (TPSA) is 48.1 Å². The number of hydrogen-bond acceptors (Lipinski definition) is 3. The summed E-state index contributed by atoms with van der Waals surface area (Å²) >= 11 is 0. The molecule has 0 saturated carbocycles. The molecule has 0 radical (unpaired) electrons. The molecule has 0 fully saturated rings. The quantitative estimate of drug-likeness (QED) is 0.796. The number of nitrogens with zero attached hydrogens (tertiary/aromatic N) is 1. The summed E-state index contributed by atoms with van der Waals surface area (Å²) in [5.41, 5.74) is 10.5. The summed E-state index contributed by atoms with van der Waals surface area (Å²) in [6.45, 7) is 0.509. The predicted octanol–water partition coefficient (Wildman–Crippen LogP) is 3.29. The molecule has 3 heteroatoms. The van der Waals surface area contributed by atoms with Crippen molar-refractivity contribution >= 4 is 10.9 Å². The van der Waals surface area contributed by atoms with Gasteiger partial charge in [0.15, 0.2) is 0 Å². The fraction of sp³-hybridized carbons (Fsp3) is 0.167. The molecule has 0 aliphatic heterocycles. The van der Waals surface area contributed by atoms with E-state index in [1.54, 1.807) is 7.11 Å². The smallest absolute Gasteiger partial charge is 0.119 e. The average molecular weight is 278 g/mol. The van der Waals surface area contributed by atoms with Gasteiger partial charge in [-0.2, -0.15) is 0 Å². The van der Waals surface area contributed by atoms with Crippen LogP contribution >= 0.6 is 0 Å². The third kappa shape index (κ3) is 2.73. The zero-order valence-corrected chi connectivity index (χ0v) is 12.0. The fourth-order valence-corrected chi connectivity index (χ4v) is 2.61. The Morgan fingerprint density at radius 1 is 1.00 bits per heavy atom. The molecule has 0 unspecified atom stereocenters. The van der Waals surface area contributed by atoms with Crippen molar-refractivity contribution in [3.05, 3.63) is 71.4 Å². The lowest BCUT2D eigenvalue weighted by Gasteiger charge is -2.11. The molecule has 0 amide bonds. The second-order valence-corrected chi connectivity index (χ2v) is 5.00. The molecule has 3 rings (SSSR count). The monoisotopic (exact) mass is 278 g/mol. The molecule has 2 aromatic carbocycles. The minimum absolute atomic E-state index is 0.509. The van der Waals surface area contributed by atoms with Crippen molar-refractivity contribution in [1.82, 2.24) is 4.98 Å².